The molecule has 0 heterocycles. The van der Waals surface area contributed by atoms with Gasteiger partial charge in [-0.3, -0.25) is 14.5 Å². The largest absolute Gasteiger partial charge is 0.480 e. The van der Waals surface area contributed by atoms with E-state index in [0.29, 0.717) is 54.8 Å². The van der Waals surface area contributed by atoms with Gasteiger partial charge in [-0.1, -0.05) is 71.9 Å². The van der Waals surface area contributed by atoms with E-state index < -0.39 is 11.9 Å². The monoisotopic (exact) mass is 700 g/mol. The average Bonchev–Trinajstić information content (AvgIpc) is 3.47. The molecule has 4 fully saturated rings. The van der Waals surface area contributed by atoms with Crippen molar-refractivity contribution in [1.82, 2.24) is 10.2 Å². The Morgan fingerprint density at radius 1 is 0.902 bits per heavy atom. The van der Waals surface area contributed by atoms with Crippen LogP contribution in [0.3, 0.4) is 0 Å². The second-order valence-electron chi connectivity index (χ2n) is 18.6. The van der Waals surface area contributed by atoms with Crippen LogP contribution in [0.2, 0.25) is 0 Å². The summed E-state index contributed by atoms with van der Waals surface area (Å²) >= 11 is 0. The van der Waals surface area contributed by atoms with Crippen molar-refractivity contribution in [2.24, 2.45) is 56.7 Å². The van der Waals surface area contributed by atoms with Crippen molar-refractivity contribution in [2.45, 2.75) is 113 Å². The minimum Gasteiger partial charge on any atom is -0.480 e. The molecule has 0 saturated heterocycles. The van der Waals surface area contributed by atoms with Gasteiger partial charge in [-0.25, -0.2) is 4.79 Å². The first kappa shape index (κ1) is 37.8. The van der Waals surface area contributed by atoms with Crippen molar-refractivity contribution >= 4 is 23.4 Å². The number of carbonyl (C=O) groups excluding carboxylic acids is 1. The highest BCUT2D eigenvalue weighted by Crippen LogP contribution is 2.77. The SMILES string of the molecule is C=C(C)[C@@H]1CC[C@]2(C(=O)NCCCN(CC)CC(=O)O)CC[C@]3(C)[C@H](CC[C@@H]4[C@@]5(C)CC=C(c6ccc(C(=O)O)cc6)C(C)(C)[C@@H]5CC[C@]43C)[C@@H]12. The van der Waals surface area contributed by atoms with Gasteiger partial charge in [0.05, 0.1) is 17.5 Å². The van der Waals surface area contributed by atoms with E-state index in [-0.39, 0.29) is 39.5 Å². The number of amides is 1. The number of nitrogens with one attached hydrogen (secondary N) is 1. The number of aliphatic carboxylic acids is 1. The summed E-state index contributed by atoms with van der Waals surface area (Å²) in [4.78, 5) is 39.2. The molecule has 4 saturated carbocycles. The molecular weight excluding hydrogens is 636 g/mol. The van der Waals surface area contributed by atoms with Gasteiger partial charge in [-0.15, -0.1) is 0 Å². The van der Waals surface area contributed by atoms with Crippen LogP contribution >= 0.6 is 0 Å². The Labute approximate surface area is 306 Å². The van der Waals surface area contributed by atoms with Gasteiger partial charge in [-0.2, -0.15) is 0 Å². The molecule has 51 heavy (non-hydrogen) atoms. The zero-order valence-electron chi connectivity index (χ0n) is 32.4. The quantitative estimate of drug-likeness (QED) is 0.157. The van der Waals surface area contributed by atoms with Gasteiger partial charge in [0.25, 0.3) is 0 Å². The molecule has 3 N–H and O–H groups in total. The Bertz CT molecular complexity index is 1580. The maximum absolute atomic E-state index is 14.4. The normalized spacial score (nSPS) is 38.0. The van der Waals surface area contributed by atoms with E-state index in [0.717, 1.165) is 50.5 Å². The van der Waals surface area contributed by atoms with E-state index in [9.17, 15) is 24.6 Å². The van der Waals surface area contributed by atoms with Gasteiger partial charge in [-0.05, 0) is 152 Å². The topological polar surface area (TPSA) is 107 Å². The predicted octanol–water partition coefficient (Wildman–Crippen LogP) is 8.95. The third-order valence-electron chi connectivity index (χ3n) is 16.3. The number of rotatable bonds is 11. The highest BCUT2D eigenvalue weighted by atomic mass is 16.4. The molecule has 0 aliphatic heterocycles. The zero-order chi connectivity index (χ0) is 37.1. The fraction of sp³-hybridized carbons (Fsp3) is 0.705. The fourth-order valence-electron chi connectivity index (χ4n) is 13.6. The second kappa shape index (κ2) is 13.5. The molecule has 7 heteroatoms. The van der Waals surface area contributed by atoms with Crippen LogP contribution in [0.15, 0.2) is 42.5 Å². The Hall–Kier alpha value is -2.93. The number of likely N-dealkylation sites (N-methyl/N-ethyl adjacent to an activating group) is 1. The van der Waals surface area contributed by atoms with E-state index >= 15 is 0 Å². The van der Waals surface area contributed by atoms with Gasteiger partial charge >= 0.3 is 11.9 Å². The number of aromatic carboxylic acids is 1. The molecule has 5 aliphatic carbocycles. The summed E-state index contributed by atoms with van der Waals surface area (Å²) in [5, 5.41) is 22.1. The van der Waals surface area contributed by atoms with Gasteiger partial charge < -0.3 is 15.5 Å². The first-order valence-electron chi connectivity index (χ1n) is 19.9. The molecule has 9 atom stereocenters. The van der Waals surface area contributed by atoms with E-state index in [1.54, 1.807) is 12.1 Å². The Morgan fingerprint density at radius 2 is 1.61 bits per heavy atom. The molecule has 0 radical (unpaired) electrons. The lowest BCUT2D eigenvalue weighted by Gasteiger charge is -2.72. The Balaban J connectivity index is 1.25. The second-order valence-corrected chi connectivity index (χ2v) is 18.6. The number of carboxylic acids is 2. The highest BCUT2D eigenvalue weighted by Gasteiger charge is 2.71. The van der Waals surface area contributed by atoms with Gasteiger partial charge in [0.15, 0.2) is 0 Å². The van der Waals surface area contributed by atoms with Crippen molar-refractivity contribution < 1.29 is 24.6 Å². The molecule has 0 aromatic heterocycles. The first-order chi connectivity index (χ1) is 24.0. The number of carboxylic acid groups (broad SMARTS) is 2. The number of benzene rings is 1. The van der Waals surface area contributed by atoms with Crippen LogP contribution in [-0.4, -0.2) is 59.1 Å². The van der Waals surface area contributed by atoms with Crippen LogP contribution in [0.1, 0.15) is 129 Å². The van der Waals surface area contributed by atoms with Crippen LogP contribution in [0.25, 0.3) is 5.57 Å². The Morgan fingerprint density at radius 3 is 2.24 bits per heavy atom. The molecule has 280 valence electrons. The minimum absolute atomic E-state index is 0.0328. The number of allylic oxidation sites excluding steroid dienone is 3. The maximum atomic E-state index is 14.4. The molecule has 1 amide bonds. The molecule has 1 aromatic rings. The predicted molar refractivity (Wildman–Crippen MR) is 203 cm³/mol. The lowest BCUT2D eigenvalue weighted by Crippen LogP contribution is -2.66. The molecule has 0 bridgehead atoms. The molecule has 0 unspecified atom stereocenters. The van der Waals surface area contributed by atoms with Crippen LogP contribution in [0, 0.1) is 56.7 Å². The maximum Gasteiger partial charge on any atom is 0.335 e. The third-order valence-corrected chi connectivity index (χ3v) is 16.3. The number of carbonyl (C=O) groups is 3. The number of hydrogen-bond donors (Lipinski definition) is 3. The lowest BCUT2D eigenvalue weighted by atomic mass is 9.32. The van der Waals surface area contributed by atoms with E-state index in [1.165, 1.54) is 30.4 Å². The third kappa shape index (κ3) is 5.92. The molecule has 1 aromatic carbocycles. The average molecular weight is 701 g/mol. The molecule has 5 aliphatic rings. The van der Waals surface area contributed by atoms with Crippen molar-refractivity contribution in [3.63, 3.8) is 0 Å². The zero-order valence-corrected chi connectivity index (χ0v) is 32.4. The molecular formula is C44H64N2O5. The van der Waals surface area contributed by atoms with E-state index in [1.807, 2.05) is 24.0 Å². The Kier molecular flexibility index (Phi) is 10.00. The van der Waals surface area contributed by atoms with Crippen molar-refractivity contribution in [3.8, 4) is 0 Å². The molecule has 0 spiro atoms. The number of nitrogens with zero attached hydrogens (tertiary/aromatic N) is 1. The first-order valence-corrected chi connectivity index (χ1v) is 19.9. The van der Waals surface area contributed by atoms with Crippen LogP contribution < -0.4 is 5.32 Å². The summed E-state index contributed by atoms with van der Waals surface area (Å²) in [7, 11) is 0. The van der Waals surface area contributed by atoms with E-state index in [2.05, 4.69) is 59.5 Å². The van der Waals surface area contributed by atoms with Crippen molar-refractivity contribution in [2.75, 3.05) is 26.2 Å². The summed E-state index contributed by atoms with van der Waals surface area (Å²) in [6.07, 6.45) is 13.0. The van der Waals surface area contributed by atoms with Crippen LogP contribution in [-0.2, 0) is 9.59 Å². The summed E-state index contributed by atoms with van der Waals surface area (Å²) in [6, 6.07) is 7.50. The van der Waals surface area contributed by atoms with Gasteiger partial charge in [0.1, 0.15) is 0 Å². The van der Waals surface area contributed by atoms with Crippen LogP contribution in [0.4, 0.5) is 0 Å². The summed E-state index contributed by atoms with van der Waals surface area (Å²) in [5.41, 5.74) is 4.15. The summed E-state index contributed by atoms with van der Waals surface area (Å²) in [6.45, 7) is 23.3. The smallest absolute Gasteiger partial charge is 0.335 e. The molecule has 6 rings (SSSR count). The molecule has 7 nitrogen and oxygen atoms in total. The lowest BCUT2D eigenvalue weighted by molar-refractivity contribution is -0.225. The highest BCUT2D eigenvalue weighted by molar-refractivity contribution is 5.88. The standard InChI is InChI=1S/C44H64N2O5/c1-9-46(27-36(47)48)26-10-25-45-39(51)44-22-17-31(28(2)3)37(44)33-15-16-35-41(6)20-18-32(29-11-13-30(14-12-29)38(49)50)40(4,5)34(41)19-21-43(35,8)42(33,7)23-24-44/h11-14,18,31,33-35,37H,2,9-10,15-17,19-27H2,1,3-8H3,(H,45,51)(H,47,48)(H,49,50)/t31-,33+,34-,35+,37+,41-,42+,43+,44-/m0/s1. The van der Waals surface area contributed by atoms with E-state index in [4.69, 9.17) is 0 Å². The summed E-state index contributed by atoms with van der Waals surface area (Å²) < 4.78 is 0. The minimum atomic E-state index is -0.886. The number of hydrogen-bond acceptors (Lipinski definition) is 4. The number of fused-ring (bicyclic) bond motifs is 7. The fourth-order valence-corrected chi connectivity index (χ4v) is 13.6. The van der Waals surface area contributed by atoms with Gasteiger partial charge in [0, 0.05) is 13.1 Å². The van der Waals surface area contributed by atoms with Crippen LogP contribution in [0.5, 0.6) is 0 Å². The van der Waals surface area contributed by atoms with Crippen molar-refractivity contribution in [3.05, 3.63) is 53.6 Å². The van der Waals surface area contributed by atoms with Gasteiger partial charge in [0.2, 0.25) is 5.91 Å². The summed E-state index contributed by atoms with van der Waals surface area (Å²) in [5.74, 6) is 0.801. The van der Waals surface area contributed by atoms with Crippen molar-refractivity contribution in [1.29, 1.82) is 0 Å².